The summed E-state index contributed by atoms with van der Waals surface area (Å²) in [4.78, 5) is 24.8. The first-order chi connectivity index (χ1) is 5.20. The topological polar surface area (TPSA) is 199 Å². The van der Waals surface area contributed by atoms with Crippen LogP contribution in [0, 0.1) is 46.0 Å². The molecule has 0 saturated heterocycles. The molecule has 0 fully saturated rings. The monoisotopic (exact) mass is 233 g/mol. The maximum atomic E-state index is 8.25. The summed E-state index contributed by atoms with van der Waals surface area (Å²) in [6.07, 6.45) is 0. The van der Waals surface area contributed by atoms with E-state index in [1.54, 1.807) is 0 Å². The van der Waals surface area contributed by atoms with Crippen LogP contribution in [-0.4, -0.2) is 53.0 Å². The first-order valence-corrected chi connectivity index (χ1v) is 1.64. The quantitative estimate of drug-likeness (QED) is 0.226. The van der Waals surface area contributed by atoms with Crippen molar-refractivity contribution in [2.24, 2.45) is 0 Å². The van der Waals surface area contributed by atoms with Crippen LogP contribution in [0.5, 0.6) is 0 Å². The molecule has 0 aromatic carbocycles. The molecule has 0 radical (unpaired) electrons. The molecule has 72 valence electrons. The molecule has 0 atom stereocenters. The van der Waals surface area contributed by atoms with Gasteiger partial charge in [0.25, 0.3) is 0 Å². The fourth-order valence-electron chi connectivity index (χ4n) is 0. The van der Waals surface area contributed by atoms with Crippen molar-refractivity contribution in [3.05, 3.63) is 46.0 Å². The summed E-state index contributed by atoms with van der Waals surface area (Å²) in [5, 5.41) is 44.2. The van der Waals surface area contributed by atoms with E-state index in [9.17, 15) is 0 Å². The first-order valence-electron chi connectivity index (χ1n) is 1.64. The van der Waals surface area contributed by atoms with Crippen molar-refractivity contribution in [3.63, 3.8) is 0 Å². The van der Waals surface area contributed by atoms with Gasteiger partial charge in [-0.25, -0.2) is 0 Å². The van der Waals surface area contributed by atoms with Gasteiger partial charge < -0.3 is 46.0 Å². The molecule has 0 aromatic heterocycles. The normalized spacial score (nSPS) is 5.14. The van der Waals surface area contributed by atoms with Gasteiger partial charge in [0.1, 0.15) is 0 Å². The van der Waals surface area contributed by atoms with Gasteiger partial charge in [-0.3, -0.25) is 0 Å². The SMILES string of the molecule is O=[N+]([O-])[O-].O=[N+]([O-])[O-].O=[N+]([O-])[O-].[Ca+2].[Li+]. The molecule has 0 aliphatic rings. The van der Waals surface area contributed by atoms with Crippen LogP contribution in [0.4, 0.5) is 0 Å². The molecule has 0 aliphatic carbocycles. The van der Waals surface area contributed by atoms with Crippen molar-refractivity contribution in [2.75, 3.05) is 0 Å². The van der Waals surface area contributed by atoms with E-state index < -0.39 is 15.3 Å². The van der Waals surface area contributed by atoms with E-state index >= 15 is 0 Å². The molecule has 12 nitrogen and oxygen atoms in total. The van der Waals surface area contributed by atoms with Gasteiger partial charge in [0.2, 0.25) is 0 Å². The Morgan fingerprint density at radius 2 is 0.571 bits per heavy atom. The van der Waals surface area contributed by atoms with E-state index in [0.29, 0.717) is 0 Å². The van der Waals surface area contributed by atoms with Gasteiger partial charge in [0.05, 0.1) is 15.3 Å². The van der Waals surface area contributed by atoms with E-state index in [2.05, 4.69) is 0 Å². The average Bonchev–Trinajstić information content (AvgIpc) is 1.54. The van der Waals surface area contributed by atoms with Crippen molar-refractivity contribution in [1.29, 1.82) is 0 Å². The van der Waals surface area contributed by atoms with Crippen LogP contribution in [0.15, 0.2) is 0 Å². The number of hydrogen-bond donors (Lipinski definition) is 0. The van der Waals surface area contributed by atoms with E-state index in [-0.39, 0.29) is 56.6 Å². The van der Waals surface area contributed by atoms with Crippen molar-refractivity contribution in [3.8, 4) is 0 Å². The maximum absolute atomic E-state index is 8.25. The molecule has 0 aliphatic heterocycles. The van der Waals surface area contributed by atoms with Gasteiger partial charge in [-0.1, -0.05) is 0 Å². The molecular weight excluding hydrogens is 233 g/mol. The molecule has 0 amide bonds. The number of nitrogens with zero attached hydrogens (tertiary/aromatic N) is 3. The van der Waals surface area contributed by atoms with E-state index in [0.717, 1.165) is 0 Å². The van der Waals surface area contributed by atoms with E-state index in [1.165, 1.54) is 0 Å². The van der Waals surface area contributed by atoms with Crippen LogP contribution in [-0.2, 0) is 0 Å². The van der Waals surface area contributed by atoms with Crippen LogP contribution in [0.1, 0.15) is 0 Å². The van der Waals surface area contributed by atoms with Crippen molar-refractivity contribution in [1.82, 2.24) is 0 Å². The van der Waals surface area contributed by atoms with Crippen LogP contribution in [0.3, 0.4) is 0 Å². The van der Waals surface area contributed by atoms with Gasteiger partial charge in [-0.2, -0.15) is 0 Å². The molecule has 0 heterocycles. The molecule has 0 rings (SSSR count). The van der Waals surface area contributed by atoms with Gasteiger partial charge >= 0.3 is 56.6 Å². The van der Waals surface area contributed by atoms with Crippen LogP contribution in [0.25, 0.3) is 0 Å². The minimum absolute atomic E-state index is 0. The van der Waals surface area contributed by atoms with E-state index in [1.807, 2.05) is 0 Å². The predicted octanol–water partition coefficient (Wildman–Crippen LogP) is -4.09. The van der Waals surface area contributed by atoms with E-state index in [4.69, 9.17) is 46.0 Å². The minimum Gasteiger partial charge on any atom is -0.356 e. The molecule has 0 saturated carbocycles. The molecule has 0 N–H and O–H groups in total. The van der Waals surface area contributed by atoms with Gasteiger partial charge in [0, 0.05) is 0 Å². The molecule has 0 bridgehead atoms. The third-order valence-corrected chi connectivity index (χ3v) is 0. The Hall–Kier alpha value is -0.543. The van der Waals surface area contributed by atoms with Gasteiger partial charge in [0.15, 0.2) is 0 Å². The van der Waals surface area contributed by atoms with Crippen LogP contribution >= 0.6 is 0 Å². The number of rotatable bonds is 0. The van der Waals surface area contributed by atoms with Gasteiger partial charge in [-0.05, 0) is 0 Å². The minimum atomic E-state index is -1.75. The Morgan fingerprint density at radius 3 is 0.571 bits per heavy atom. The summed E-state index contributed by atoms with van der Waals surface area (Å²) in [6.45, 7) is 0. The third kappa shape index (κ3) is 4250. The Kier molecular flexibility index (Phi) is 47.7. The summed E-state index contributed by atoms with van der Waals surface area (Å²) in [5.41, 5.74) is 0. The molecule has 0 aromatic rings. The second-order valence-corrected chi connectivity index (χ2v) is 0.671. The van der Waals surface area contributed by atoms with Crippen molar-refractivity contribution >= 4 is 37.7 Å². The molecule has 0 unspecified atom stereocenters. The third-order valence-electron chi connectivity index (χ3n) is 0. The molecule has 0 spiro atoms. The zero-order valence-corrected chi connectivity index (χ0v) is 8.93. The summed E-state index contributed by atoms with van der Waals surface area (Å²) in [5.74, 6) is 0. The fraction of sp³-hybridized carbons (Fsp3) is 0. The number of hydrogen-bond acceptors (Lipinski definition) is 9. The standard InChI is InChI=1S/Ca.Li.3NO3/c;;3*2-1(3)4/q+2;+1;3*-1. The van der Waals surface area contributed by atoms with Gasteiger partial charge in [-0.15, -0.1) is 0 Å². The van der Waals surface area contributed by atoms with Crippen molar-refractivity contribution < 1.29 is 34.1 Å². The second-order valence-electron chi connectivity index (χ2n) is 0.671. The summed E-state index contributed by atoms with van der Waals surface area (Å²) >= 11 is 0. The Morgan fingerprint density at radius 1 is 0.571 bits per heavy atom. The first kappa shape index (κ1) is 29.2. The zero-order valence-electron chi connectivity index (χ0n) is 6.72. The van der Waals surface area contributed by atoms with Crippen LogP contribution < -0.4 is 18.9 Å². The summed E-state index contributed by atoms with van der Waals surface area (Å²) in [6, 6.07) is 0. The Bertz CT molecular complexity index is 118. The van der Waals surface area contributed by atoms with Crippen LogP contribution in [0.2, 0.25) is 0 Å². The largest absolute Gasteiger partial charge is 2.00 e. The summed E-state index contributed by atoms with van der Waals surface area (Å²) in [7, 11) is 0. The maximum Gasteiger partial charge on any atom is 2.00 e. The van der Waals surface area contributed by atoms with Crippen molar-refractivity contribution in [2.45, 2.75) is 0 Å². The summed E-state index contributed by atoms with van der Waals surface area (Å²) < 4.78 is 0. The molecular formula is CaLiN3O9. The zero-order chi connectivity index (χ0) is 10.7. The Balaban J connectivity index is -0.0000000270. The predicted molar refractivity (Wildman–Crippen MR) is 36.8 cm³/mol. The average molecular weight is 233 g/mol. The molecule has 14 heavy (non-hydrogen) atoms. The fourth-order valence-corrected chi connectivity index (χ4v) is 0. The second kappa shape index (κ2) is 22.9. The Labute approximate surface area is 117 Å². The molecule has 14 heteroatoms. The smallest absolute Gasteiger partial charge is 0.356 e.